The molecule has 0 fully saturated rings. The van der Waals surface area contributed by atoms with Crippen molar-refractivity contribution in [1.82, 2.24) is 4.98 Å². The van der Waals surface area contributed by atoms with E-state index in [4.69, 9.17) is 9.47 Å². The highest BCUT2D eigenvalue weighted by atomic mass is 16.5. The fraction of sp³-hybridized carbons (Fsp3) is 0.192. The smallest absolute Gasteiger partial charge is 0.195 e. The molecular formula is C26H25NO3. The van der Waals surface area contributed by atoms with Crippen molar-refractivity contribution < 1.29 is 14.3 Å². The molecule has 0 radical (unpaired) electrons. The first-order chi connectivity index (χ1) is 14.4. The molecule has 0 aliphatic rings. The number of aryl methyl sites for hydroxylation is 2. The van der Waals surface area contributed by atoms with Gasteiger partial charge in [0.1, 0.15) is 11.5 Å². The van der Waals surface area contributed by atoms with Gasteiger partial charge < -0.3 is 14.5 Å². The van der Waals surface area contributed by atoms with Crippen LogP contribution in [0.25, 0.3) is 22.2 Å². The van der Waals surface area contributed by atoms with E-state index < -0.39 is 0 Å². The number of aromatic amines is 1. The summed E-state index contributed by atoms with van der Waals surface area (Å²) in [5, 5.41) is 0.798. The molecule has 3 aromatic carbocycles. The highest BCUT2D eigenvalue weighted by Gasteiger charge is 2.24. The van der Waals surface area contributed by atoms with Crippen LogP contribution in [-0.4, -0.2) is 25.0 Å². The molecule has 0 unspecified atom stereocenters. The number of ketones is 1. The van der Waals surface area contributed by atoms with E-state index in [-0.39, 0.29) is 5.78 Å². The molecule has 1 N–H and O–H groups in total. The molecule has 4 nitrogen and oxygen atoms in total. The zero-order chi connectivity index (χ0) is 21.4. The Balaban J connectivity index is 1.99. The SMILES string of the molecule is COc1ccc(-c2[nH]c3cccc(OC)c3c2C(=O)c2cc(C)c(C)c(C)c2)cc1. The molecule has 0 bridgehead atoms. The predicted molar refractivity (Wildman–Crippen MR) is 121 cm³/mol. The number of fused-ring (bicyclic) bond motifs is 1. The van der Waals surface area contributed by atoms with Gasteiger partial charge in [-0.25, -0.2) is 0 Å². The molecule has 4 rings (SSSR count). The van der Waals surface area contributed by atoms with E-state index in [1.165, 1.54) is 5.56 Å². The van der Waals surface area contributed by atoms with Crippen molar-refractivity contribution in [3.05, 3.63) is 82.4 Å². The summed E-state index contributed by atoms with van der Waals surface area (Å²) in [7, 11) is 3.27. The van der Waals surface area contributed by atoms with Crippen LogP contribution in [0.5, 0.6) is 11.5 Å². The standard InChI is InChI=1S/C26H25NO3/c1-15-13-19(14-16(2)17(15)3)26(28)24-23-21(7-6-8-22(23)30-5)27-25(24)18-9-11-20(29-4)12-10-18/h6-14,27H,1-5H3. The highest BCUT2D eigenvalue weighted by molar-refractivity contribution is 6.21. The molecule has 0 atom stereocenters. The fourth-order valence-corrected chi connectivity index (χ4v) is 3.90. The number of H-pyrrole nitrogens is 1. The van der Waals surface area contributed by atoms with Gasteiger partial charge in [0.15, 0.2) is 5.78 Å². The molecule has 1 heterocycles. The van der Waals surface area contributed by atoms with Crippen molar-refractivity contribution in [2.45, 2.75) is 20.8 Å². The summed E-state index contributed by atoms with van der Waals surface area (Å²) in [5.41, 5.74) is 7.28. The van der Waals surface area contributed by atoms with Crippen LogP contribution in [0, 0.1) is 20.8 Å². The number of carbonyl (C=O) groups is 1. The van der Waals surface area contributed by atoms with Crippen molar-refractivity contribution in [3.63, 3.8) is 0 Å². The second-order valence-electron chi connectivity index (χ2n) is 7.55. The second kappa shape index (κ2) is 7.71. The largest absolute Gasteiger partial charge is 0.497 e. The zero-order valence-electron chi connectivity index (χ0n) is 17.9. The van der Waals surface area contributed by atoms with Crippen molar-refractivity contribution in [2.75, 3.05) is 14.2 Å². The van der Waals surface area contributed by atoms with Crippen LogP contribution in [0.3, 0.4) is 0 Å². The normalized spacial score (nSPS) is 11.0. The summed E-state index contributed by atoms with van der Waals surface area (Å²) < 4.78 is 10.9. The van der Waals surface area contributed by atoms with Gasteiger partial charge >= 0.3 is 0 Å². The van der Waals surface area contributed by atoms with Gasteiger partial charge in [-0.3, -0.25) is 4.79 Å². The van der Waals surface area contributed by atoms with E-state index in [9.17, 15) is 4.79 Å². The topological polar surface area (TPSA) is 51.3 Å². The zero-order valence-corrected chi connectivity index (χ0v) is 17.9. The van der Waals surface area contributed by atoms with E-state index in [1.54, 1.807) is 14.2 Å². The Kier molecular flexibility index (Phi) is 5.08. The number of benzene rings is 3. The lowest BCUT2D eigenvalue weighted by molar-refractivity contribution is 0.104. The molecular weight excluding hydrogens is 374 g/mol. The molecule has 1 aromatic heterocycles. The van der Waals surface area contributed by atoms with Crippen LogP contribution in [0.4, 0.5) is 0 Å². The molecule has 152 valence electrons. The summed E-state index contributed by atoms with van der Waals surface area (Å²) in [6, 6.07) is 17.4. The molecule has 0 spiro atoms. The van der Waals surface area contributed by atoms with Crippen LogP contribution >= 0.6 is 0 Å². The van der Waals surface area contributed by atoms with E-state index in [2.05, 4.69) is 11.9 Å². The van der Waals surface area contributed by atoms with E-state index >= 15 is 0 Å². The first kappa shape index (κ1) is 19.8. The van der Waals surface area contributed by atoms with Crippen LogP contribution in [-0.2, 0) is 0 Å². The highest BCUT2D eigenvalue weighted by Crippen LogP contribution is 2.38. The van der Waals surface area contributed by atoms with Gasteiger partial charge in [-0.2, -0.15) is 0 Å². The van der Waals surface area contributed by atoms with Gasteiger partial charge in [0.25, 0.3) is 0 Å². The average molecular weight is 399 g/mol. The lowest BCUT2D eigenvalue weighted by atomic mass is 9.93. The lowest BCUT2D eigenvalue weighted by Crippen LogP contribution is -2.05. The van der Waals surface area contributed by atoms with Gasteiger partial charge in [-0.15, -0.1) is 0 Å². The minimum Gasteiger partial charge on any atom is -0.497 e. The molecule has 4 heteroatoms. The first-order valence-electron chi connectivity index (χ1n) is 9.90. The van der Waals surface area contributed by atoms with Crippen LogP contribution in [0.2, 0.25) is 0 Å². The van der Waals surface area contributed by atoms with E-state index in [1.807, 2.05) is 68.4 Å². The van der Waals surface area contributed by atoms with Crippen molar-refractivity contribution in [2.24, 2.45) is 0 Å². The second-order valence-corrected chi connectivity index (χ2v) is 7.55. The molecule has 30 heavy (non-hydrogen) atoms. The summed E-state index contributed by atoms with van der Waals surface area (Å²) in [5.74, 6) is 1.42. The quantitative estimate of drug-likeness (QED) is 0.418. The van der Waals surface area contributed by atoms with Crippen LogP contribution in [0.15, 0.2) is 54.6 Å². The third kappa shape index (κ3) is 3.24. The van der Waals surface area contributed by atoms with Gasteiger partial charge in [0.2, 0.25) is 0 Å². The number of hydrogen-bond donors (Lipinski definition) is 1. The van der Waals surface area contributed by atoms with Crippen molar-refractivity contribution in [1.29, 1.82) is 0 Å². The number of carbonyl (C=O) groups excluding carboxylic acids is 1. The number of hydrogen-bond acceptors (Lipinski definition) is 3. The van der Waals surface area contributed by atoms with Crippen molar-refractivity contribution >= 4 is 16.7 Å². The van der Waals surface area contributed by atoms with Gasteiger partial charge in [0.05, 0.1) is 36.4 Å². The molecule has 0 amide bonds. The minimum atomic E-state index is -0.0252. The Morgan fingerprint density at radius 3 is 2.13 bits per heavy atom. The number of rotatable bonds is 5. The summed E-state index contributed by atoms with van der Waals surface area (Å²) in [6.07, 6.45) is 0. The fourth-order valence-electron chi connectivity index (χ4n) is 3.90. The maximum Gasteiger partial charge on any atom is 0.195 e. The molecule has 0 saturated carbocycles. The maximum atomic E-state index is 13.8. The Hall–Kier alpha value is -3.53. The summed E-state index contributed by atoms with van der Waals surface area (Å²) in [4.78, 5) is 17.3. The molecule has 0 aliphatic carbocycles. The molecule has 0 aliphatic heterocycles. The van der Waals surface area contributed by atoms with Gasteiger partial charge in [0, 0.05) is 5.56 Å². The average Bonchev–Trinajstić information content (AvgIpc) is 3.16. The number of nitrogens with one attached hydrogen (secondary N) is 1. The van der Waals surface area contributed by atoms with Crippen molar-refractivity contribution in [3.8, 4) is 22.8 Å². The minimum absolute atomic E-state index is 0.0252. The lowest BCUT2D eigenvalue weighted by Gasteiger charge is -2.11. The number of aromatic nitrogens is 1. The van der Waals surface area contributed by atoms with Gasteiger partial charge in [-0.1, -0.05) is 6.07 Å². The third-order valence-corrected chi connectivity index (χ3v) is 5.80. The van der Waals surface area contributed by atoms with Crippen LogP contribution < -0.4 is 9.47 Å². The predicted octanol–water partition coefficient (Wildman–Crippen LogP) is 6.01. The Morgan fingerprint density at radius 2 is 1.53 bits per heavy atom. The van der Waals surface area contributed by atoms with Crippen LogP contribution in [0.1, 0.15) is 32.6 Å². The molecule has 0 saturated heterocycles. The van der Waals surface area contributed by atoms with E-state index in [0.29, 0.717) is 16.9 Å². The maximum absolute atomic E-state index is 13.8. The van der Waals surface area contributed by atoms with Gasteiger partial charge in [-0.05, 0) is 91.6 Å². The Bertz CT molecular complexity index is 1230. The molecule has 4 aromatic rings. The van der Waals surface area contributed by atoms with E-state index in [0.717, 1.165) is 39.0 Å². The summed E-state index contributed by atoms with van der Waals surface area (Å²) in [6.45, 7) is 6.16. The Morgan fingerprint density at radius 1 is 0.867 bits per heavy atom. The third-order valence-electron chi connectivity index (χ3n) is 5.80. The Labute approximate surface area is 176 Å². The number of ether oxygens (including phenoxy) is 2. The number of methoxy groups -OCH3 is 2. The summed E-state index contributed by atoms with van der Waals surface area (Å²) >= 11 is 0. The monoisotopic (exact) mass is 399 g/mol. The first-order valence-corrected chi connectivity index (χ1v) is 9.90.